The molecule has 1 aromatic heterocycles. The van der Waals surface area contributed by atoms with Gasteiger partial charge in [0.25, 0.3) is 0 Å². The Balaban J connectivity index is 0.00000288. The van der Waals surface area contributed by atoms with E-state index in [0.717, 1.165) is 24.9 Å². The Kier molecular flexibility index (Phi) is 7.95. The van der Waals surface area contributed by atoms with Crippen LogP contribution in [-0.2, 0) is 17.9 Å². The highest BCUT2D eigenvalue weighted by Gasteiger charge is 2.32. The topological polar surface area (TPSA) is 72.9 Å². The predicted octanol–water partition coefficient (Wildman–Crippen LogP) is 2.73. The van der Waals surface area contributed by atoms with Crippen molar-refractivity contribution in [3.63, 3.8) is 0 Å². The van der Waals surface area contributed by atoms with E-state index in [0.29, 0.717) is 13.1 Å². The summed E-state index contributed by atoms with van der Waals surface area (Å²) < 4.78 is 1.88. The summed E-state index contributed by atoms with van der Waals surface area (Å²) in [5, 5.41) is 7.22. The second-order valence-corrected chi connectivity index (χ2v) is 5.89. The molecule has 0 saturated carbocycles. The average Bonchev–Trinajstić information content (AvgIpc) is 3.09. The molecule has 24 heavy (non-hydrogen) atoms. The van der Waals surface area contributed by atoms with Gasteiger partial charge in [-0.2, -0.15) is 5.10 Å². The lowest BCUT2D eigenvalue weighted by atomic mass is 9.81. The SMILES string of the molecule is CCC(CC)(CN)C(=O)NCc1ccc(Cn2cccn2)cc1.Cl. The maximum absolute atomic E-state index is 12.4. The van der Waals surface area contributed by atoms with Crippen LogP contribution in [0.15, 0.2) is 42.7 Å². The number of nitrogens with zero attached hydrogens (tertiary/aromatic N) is 2. The van der Waals surface area contributed by atoms with E-state index in [4.69, 9.17) is 5.73 Å². The van der Waals surface area contributed by atoms with Crippen molar-refractivity contribution in [1.29, 1.82) is 0 Å². The number of benzene rings is 1. The van der Waals surface area contributed by atoms with E-state index in [-0.39, 0.29) is 18.3 Å². The van der Waals surface area contributed by atoms with Crippen molar-refractivity contribution in [2.45, 2.75) is 39.8 Å². The fraction of sp³-hybridized carbons (Fsp3) is 0.444. The number of nitrogens with one attached hydrogen (secondary N) is 1. The fourth-order valence-corrected chi connectivity index (χ4v) is 2.67. The second kappa shape index (κ2) is 9.45. The van der Waals surface area contributed by atoms with Crippen LogP contribution in [0.5, 0.6) is 0 Å². The van der Waals surface area contributed by atoms with Crippen LogP contribution in [0.4, 0.5) is 0 Å². The van der Waals surface area contributed by atoms with Crippen molar-refractivity contribution >= 4 is 18.3 Å². The lowest BCUT2D eigenvalue weighted by Crippen LogP contribution is -2.45. The Morgan fingerprint density at radius 2 is 1.83 bits per heavy atom. The fourth-order valence-electron chi connectivity index (χ4n) is 2.67. The van der Waals surface area contributed by atoms with Crippen molar-refractivity contribution in [2.24, 2.45) is 11.1 Å². The minimum atomic E-state index is -0.444. The minimum absolute atomic E-state index is 0. The first-order valence-electron chi connectivity index (χ1n) is 8.17. The number of rotatable bonds is 8. The third-order valence-electron chi connectivity index (χ3n) is 4.61. The zero-order valence-electron chi connectivity index (χ0n) is 14.4. The first kappa shape index (κ1) is 20.2. The molecule has 0 atom stereocenters. The van der Waals surface area contributed by atoms with Gasteiger partial charge in [0.05, 0.1) is 12.0 Å². The first-order chi connectivity index (χ1) is 11.1. The minimum Gasteiger partial charge on any atom is -0.352 e. The van der Waals surface area contributed by atoms with Gasteiger partial charge in [-0.1, -0.05) is 38.1 Å². The van der Waals surface area contributed by atoms with Gasteiger partial charge in [0.2, 0.25) is 5.91 Å². The number of hydrogen-bond donors (Lipinski definition) is 2. The number of aromatic nitrogens is 2. The molecule has 0 aliphatic heterocycles. The van der Waals surface area contributed by atoms with E-state index in [9.17, 15) is 4.79 Å². The maximum Gasteiger partial charge on any atom is 0.227 e. The lowest BCUT2D eigenvalue weighted by molar-refractivity contribution is -0.131. The van der Waals surface area contributed by atoms with Gasteiger partial charge in [-0.05, 0) is 30.0 Å². The molecule has 1 heterocycles. The van der Waals surface area contributed by atoms with E-state index in [1.807, 2.05) is 42.9 Å². The summed E-state index contributed by atoms with van der Waals surface area (Å²) in [5.41, 5.74) is 7.64. The third kappa shape index (κ3) is 4.82. The Labute approximate surface area is 150 Å². The van der Waals surface area contributed by atoms with Gasteiger partial charge in [0.1, 0.15) is 0 Å². The molecule has 6 heteroatoms. The highest BCUT2D eigenvalue weighted by atomic mass is 35.5. The molecule has 0 spiro atoms. The Morgan fingerprint density at radius 3 is 2.33 bits per heavy atom. The monoisotopic (exact) mass is 350 g/mol. The zero-order valence-corrected chi connectivity index (χ0v) is 15.2. The van der Waals surface area contributed by atoms with Crippen LogP contribution in [0, 0.1) is 5.41 Å². The van der Waals surface area contributed by atoms with E-state index in [2.05, 4.69) is 22.5 Å². The summed E-state index contributed by atoms with van der Waals surface area (Å²) in [6, 6.07) is 10.1. The van der Waals surface area contributed by atoms with Crippen LogP contribution in [-0.4, -0.2) is 22.2 Å². The van der Waals surface area contributed by atoms with Gasteiger partial charge in [0.15, 0.2) is 0 Å². The van der Waals surface area contributed by atoms with Gasteiger partial charge in [-0.15, -0.1) is 12.4 Å². The normalized spacial score (nSPS) is 11.0. The summed E-state index contributed by atoms with van der Waals surface area (Å²) in [4.78, 5) is 12.4. The Hall–Kier alpha value is -1.85. The van der Waals surface area contributed by atoms with E-state index < -0.39 is 5.41 Å². The van der Waals surface area contributed by atoms with Crippen LogP contribution < -0.4 is 11.1 Å². The molecule has 0 radical (unpaired) electrons. The molecule has 3 N–H and O–H groups in total. The molecule has 1 aromatic carbocycles. The van der Waals surface area contributed by atoms with Crippen LogP contribution in [0.25, 0.3) is 0 Å². The highest BCUT2D eigenvalue weighted by Crippen LogP contribution is 2.25. The highest BCUT2D eigenvalue weighted by molar-refractivity contribution is 5.85. The molecule has 0 aliphatic rings. The molecular weight excluding hydrogens is 324 g/mol. The maximum atomic E-state index is 12.4. The van der Waals surface area contributed by atoms with Crippen LogP contribution in [0.3, 0.4) is 0 Å². The van der Waals surface area contributed by atoms with Gasteiger partial charge >= 0.3 is 0 Å². The van der Waals surface area contributed by atoms with E-state index in [1.165, 1.54) is 5.56 Å². The number of nitrogens with two attached hydrogens (primary N) is 1. The molecule has 0 bridgehead atoms. The summed E-state index contributed by atoms with van der Waals surface area (Å²) in [7, 11) is 0. The summed E-state index contributed by atoms with van der Waals surface area (Å²) in [6.07, 6.45) is 5.23. The van der Waals surface area contributed by atoms with Crippen molar-refractivity contribution in [1.82, 2.24) is 15.1 Å². The van der Waals surface area contributed by atoms with Crippen molar-refractivity contribution in [3.8, 4) is 0 Å². The third-order valence-corrected chi connectivity index (χ3v) is 4.61. The van der Waals surface area contributed by atoms with Crippen LogP contribution >= 0.6 is 12.4 Å². The van der Waals surface area contributed by atoms with E-state index in [1.54, 1.807) is 6.20 Å². The Morgan fingerprint density at radius 1 is 1.21 bits per heavy atom. The van der Waals surface area contributed by atoms with Crippen molar-refractivity contribution < 1.29 is 4.79 Å². The molecule has 1 amide bonds. The predicted molar refractivity (Wildman–Crippen MR) is 98.9 cm³/mol. The van der Waals surface area contributed by atoms with Crippen LogP contribution in [0.1, 0.15) is 37.8 Å². The second-order valence-electron chi connectivity index (χ2n) is 5.89. The summed E-state index contributed by atoms with van der Waals surface area (Å²) in [5.74, 6) is 0.0469. The molecule has 132 valence electrons. The molecule has 0 unspecified atom stereocenters. The first-order valence-corrected chi connectivity index (χ1v) is 8.17. The van der Waals surface area contributed by atoms with Gasteiger partial charge in [-0.25, -0.2) is 0 Å². The number of hydrogen-bond acceptors (Lipinski definition) is 3. The quantitative estimate of drug-likeness (QED) is 0.768. The van der Waals surface area contributed by atoms with Gasteiger partial charge in [-0.3, -0.25) is 9.48 Å². The van der Waals surface area contributed by atoms with Crippen LogP contribution in [0.2, 0.25) is 0 Å². The van der Waals surface area contributed by atoms with Crippen molar-refractivity contribution in [3.05, 3.63) is 53.9 Å². The molecule has 0 fully saturated rings. The molecule has 2 aromatic rings. The molecular formula is C18H27ClN4O. The molecule has 0 saturated heterocycles. The number of amides is 1. The number of carbonyl (C=O) groups excluding carboxylic acids is 1. The van der Waals surface area contributed by atoms with Gasteiger partial charge < -0.3 is 11.1 Å². The zero-order chi connectivity index (χ0) is 16.7. The summed E-state index contributed by atoms with van der Waals surface area (Å²) in [6.45, 7) is 5.69. The number of carbonyl (C=O) groups is 1. The molecule has 0 aliphatic carbocycles. The smallest absolute Gasteiger partial charge is 0.227 e. The molecule has 2 rings (SSSR count). The summed E-state index contributed by atoms with van der Waals surface area (Å²) >= 11 is 0. The van der Waals surface area contributed by atoms with Gasteiger partial charge in [0, 0.05) is 25.5 Å². The van der Waals surface area contributed by atoms with E-state index >= 15 is 0 Å². The number of halogens is 1. The standard InChI is InChI=1S/C18H26N4O.ClH/c1-3-18(4-2,14-19)17(23)20-12-15-6-8-16(9-7-15)13-22-11-5-10-21-22;/h5-11H,3-4,12-14,19H2,1-2H3,(H,20,23);1H. The van der Waals surface area contributed by atoms with Crippen molar-refractivity contribution in [2.75, 3.05) is 6.54 Å². The Bertz CT molecular complexity index is 598. The largest absolute Gasteiger partial charge is 0.352 e. The molecule has 5 nitrogen and oxygen atoms in total. The average molecular weight is 351 g/mol. The lowest BCUT2D eigenvalue weighted by Gasteiger charge is -2.28.